The van der Waals surface area contributed by atoms with Gasteiger partial charge in [0.1, 0.15) is 0 Å². The van der Waals surface area contributed by atoms with Gasteiger partial charge in [-0.05, 0) is 44.9 Å². The number of nitrogens with one attached hydrogen (secondary N) is 2. The lowest BCUT2D eigenvalue weighted by Crippen LogP contribution is -2.55. The predicted molar refractivity (Wildman–Crippen MR) is 66.7 cm³/mol. The molecule has 0 saturated heterocycles. The van der Waals surface area contributed by atoms with Crippen LogP contribution >= 0.6 is 0 Å². The summed E-state index contributed by atoms with van der Waals surface area (Å²) in [4.78, 5) is 11.8. The number of hydrogen-bond acceptors (Lipinski definition) is 2. The van der Waals surface area contributed by atoms with E-state index in [1.165, 1.54) is 12.8 Å². The van der Waals surface area contributed by atoms with Gasteiger partial charge in [-0.3, -0.25) is 0 Å². The Labute approximate surface area is 103 Å². The number of carbonyl (C=O) groups is 1. The van der Waals surface area contributed by atoms with Crippen molar-refractivity contribution < 1.29 is 9.90 Å². The van der Waals surface area contributed by atoms with Crippen LogP contribution in [0, 0.1) is 11.8 Å². The van der Waals surface area contributed by atoms with Crippen LogP contribution in [0.15, 0.2) is 0 Å². The summed E-state index contributed by atoms with van der Waals surface area (Å²) in [7, 11) is 0. The minimum absolute atomic E-state index is 0.0160. The molecule has 3 N–H and O–H groups in total. The number of urea groups is 1. The lowest BCUT2D eigenvalue weighted by atomic mass is 9.97. The highest BCUT2D eigenvalue weighted by atomic mass is 16.3. The average Bonchev–Trinajstić information content (AvgIpc) is 3.09. The number of amides is 2. The summed E-state index contributed by atoms with van der Waals surface area (Å²) in [6.45, 7) is 3.99. The van der Waals surface area contributed by atoms with Crippen LogP contribution in [0.1, 0.15) is 46.0 Å². The predicted octanol–water partition coefficient (Wildman–Crippen LogP) is 1.64. The van der Waals surface area contributed by atoms with E-state index in [1.54, 1.807) is 0 Å². The Kier molecular flexibility index (Phi) is 3.61. The fourth-order valence-electron chi connectivity index (χ4n) is 2.42. The molecule has 0 spiro atoms. The van der Waals surface area contributed by atoms with Crippen molar-refractivity contribution >= 4 is 6.03 Å². The van der Waals surface area contributed by atoms with Crippen LogP contribution in [-0.2, 0) is 0 Å². The van der Waals surface area contributed by atoms with Gasteiger partial charge in [0.25, 0.3) is 0 Å². The zero-order valence-electron chi connectivity index (χ0n) is 10.8. The lowest BCUT2D eigenvalue weighted by Gasteiger charge is -2.29. The molecule has 0 heterocycles. The largest absolute Gasteiger partial charge is 0.394 e. The molecule has 2 amide bonds. The molecule has 0 bridgehead atoms. The van der Waals surface area contributed by atoms with Gasteiger partial charge in [0, 0.05) is 6.04 Å². The third-order valence-corrected chi connectivity index (χ3v) is 3.97. The van der Waals surface area contributed by atoms with Crippen LogP contribution in [0.5, 0.6) is 0 Å². The van der Waals surface area contributed by atoms with Crippen molar-refractivity contribution in [2.75, 3.05) is 6.61 Å². The quantitative estimate of drug-likeness (QED) is 0.661. The normalized spacial score (nSPS) is 24.9. The molecule has 0 aliphatic heterocycles. The van der Waals surface area contributed by atoms with E-state index in [4.69, 9.17) is 0 Å². The first-order chi connectivity index (χ1) is 8.03. The zero-order valence-corrected chi connectivity index (χ0v) is 10.8. The Morgan fingerprint density at radius 1 is 1.41 bits per heavy atom. The van der Waals surface area contributed by atoms with E-state index in [0.29, 0.717) is 5.92 Å². The molecule has 2 aliphatic carbocycles. The highest BCUT2D eigenvalue weighted by molar-refractivity contribution is 5.75. The summed E-state index contributed by atoms with van der Waals surface area (Å²) in [5.41, 5.74) is -0.441. The zero-order chi connectivity index (χ0) is 12.5. The molecule has 0 radical (unpaired) electrons. The first-order valence-corrected chi connectivity index (χ1v) is 6.73. The maximum Gasteiger partial charge on any atom is 0.315 e. The molecular formula is C13H24N2O2. The van der Waals surface area contributed by atoms with Gasteiger partial charge in [0.15, 0.2) is 0 Å². The van der Waals surface area contributed by atoms with Crippen LogP contribution in [0.3, 0.4) is 0 Å². The SMILES string of the molecule is C[C@H](CC1CC1)NC(=O)N[C@](C)(CO)C1CC1. The third kappa shape index (κ3) is 3.60. The summed E-state index contributed by atoms with van der Waals surface area (Å²) in [5.74, 6) is 1.26. The van der Waals surface area contributed by atoms with Crippen molar-refractivity contribution in [3.05, 3.63) is 0 Å². The first kappa shape index (κ1) is 12.7. The number of hydrogen-bond donors (Lipinski definition) is 3. The van der Waals surface area contributed by atoms with Gasteiger partial charge in [0.2, 0.25) is 0 Å². The number of carbonyl (C=O) groups excluding carboxylic acids is 1. The van der Waals surface area contributed by atoms with Gasteiger partial charge >= 0.3 is 6.03 Å². The number of aliphatic hydroxyl groups is 1. The Balaban J connectivity index is 1.74. The summed E-state index contributed by atoms with van der Waals surface area (Å²) >= 11 is 0. The summed E-state index contributed by atoms with van der Waals surface area (Å²) in [5, 5.41) is 15.3. The van der Waals surface area contributed by atoms with Crippen molar-refractivity contribution in [2.45, 2.75) is 57.5 Å². The molecule has 2 rings (SSSR count). The third-order valence-electron chi connectivity index (χ3n) is 3.97. The van der Waals surface area contributed by atoms with Crippen molar-refractivity contribution in [3.8, 4) is 0 Å². The van der Waals surface area contributed by atoms with E-state index < -0.39 is 5.54 Å². The van der Waals surface area contributed by atoms with E-state index in [1.807, 2.05) is 13.8 Å². The van der Waals surface area contributed by atoms with Gasteiger partial charge in [-0.2, -0.15) is 0 Å². The van der Waals surface area contributed by atoms with E-state index in [0.717, 1.165) is 25.2 Å². The average molecular weight is 240 g/mol. The monoisotopic (exact) mass is 240 g/mol. The van der Waals surface area contributed by atoms with Crippen LogP contribution in [0.4, 0.5) is 4.79 Å². The fraction of sp³-hybridized carbons (Fsp3) is 0.923. The second kappa shape index (κ2) is 4.84. The van der Waals surface area contributed by atoms with Gasteiger partial charge in [0.05, 0.1) is 12.1 Å². The van der Waals surface area contributed by atoms with Crippen LogP contribution in [0.25, 0.3) is 0 Å². The van der Waals surface area contributed by atoms with Gasteiger partial charge in [-0.15, -0.1) is 0 Å². The van der Waals surface area contributed by atoms with Crippen molar-refractivity contribution in [2.24, 2.45) is 11.8 Å². The smallest absolute Gasteiger partial charge is 0.315 e. The molecule has 0 aromatic rings. The Morgan fingerprint density at radius 3 is 2.53 bits per heavy atom. The fourth-order valence-corrected chi connectivity index (χ4v) is 2.42. The van der Waals surface area contributed by atoms with Crippen molar-refractivity contribution in [1.29, 1.82) is 0 Å². The maximum atomic E-state index is 11.8. The molecule has 0 unspecified atom stereocenters. The van der Waals surface area contributed by atoms with Crippen molar-refractivity contribution in [1.82, 2.24) is 10.6 Å². The number of rotatable bonds is 6. The second-order valence-corrected chi connectivity index (χ2v) is 6.03. The molecule has 17 heavy (non-hydrogen) atoms. The highest BCUT2D eigenvalue weighted by Crippen LogP contribution is 2.39. The first-order valence-electron chi connectivity index (χ1n) is 6.73. The topological polar surface area (TPSA) is 61.4 Å². The van der Waals surface area contributed by atoms with Crippen LogP contribution < -0.4 is 10.6 Å². The molecular weight excluding hydrogens is 216 g/mol. The summed E-state index contributed by atoms with van der Waals surface area (Å²) in [6, 6.07) is 0.0891. The number of aliphatic hydroxyl groups excluding tert-OH is 1. The standard InChI is InChI=1S/C13H24N2O2/c1-9(7-10-3-4-10)14-12(17)15-13(2,8-16)11-5-6-11/h9-11,16H,3-8H2,1-2H3,(H2,14,15,17)/t9-,13-/m1/s1. The maximum absolute atomic E-state index is 11.8. The molecule has 2 fully saturated rings. The van der Waals surface area contributed by atoms with Gasteiger partial charge < -0.3 is 15.7 Å². The Morgan fingerprint density at radius 2 is 2.06 bits per heavy atom. The minimum atomic E-state index is -0.441. The summed E-state index contributed by atoms with van der Waals surface area (Å²) in [6.07, 6.45) is 5.91. The molecule has 2 atom stereocenters. The Bertz CT molecular complexity index is 287. The Hall–Kier alpha value is -0.770. The molecule has 4 nitrogen and oxygen atoms in total. The van der Waals surface area contributed by atoms with Gasteiger partial charge in [-0.1, -0.05) is 12.8 Å². The molecule has 2 saturated carbocycles. The second-order valence-electron chi connectivity index (χ2n) is 6.03. The van der Waals surface area contributed by atoms with Crippen LogP contribution in [0.2, 0.25) is 0 Å². The van der Waals surface area contributed by atoms with Crippen molar-refractivity contribution in [3.63, 3.8) is 0 Å². The van der Waals surface area contributed by atoms with E-state index in [2.05, 4.69) is 10.6 Å². The van der Waals surface area contributed by atoms with E-state index in [-0.39, 0.29) is 18.7 Å². The van der Waals surface area contributed by atoms with Crippen LogP contribution in [-0.4, -0.2) is 29.3 Å². The molecule has 98 valence electrons. The van der Waals surface area contributed by atoms with Gasteiger partial charge in [-0.25, -0.2) is 4.79 Å². The lowest BCUT2D eigenvalue weighted by molar-refractivity contribution is 0.154. The van der Waals surface area contributed by atoms with E-state index >= 15 is 0 Å². The molecule has 2 aliphatic rings. The summed E-state index contributed by atoms with van der Waals surface area (Å²) < 4.78 is 0. The van der Waals surface area contributed by atoms with E-state index in [9.17, 15) is 9.90 Å². The molecule has 4 heteroatoms. The highest BCUT2D eigenvalue weighted by Gasteiger charge is 2.42. The minimum Gasteiger partial charge on any atom is -0.394 e. The molecule has 0 aromatic carbocycles. The molecule has 0 aromatic heterocycles.